The summed E-state index contributed by atoms with van der Waals surface area (Å²) >= 11 is 1.70. The SMILES string of the molecule is CCCCCCCCCCCCOc1c(F)cccc1OCC(=O)Nc1cccc(C[n+]2csc(C)c2)c1.[Br-]. The predicted molar refractivity (Wildman–Crippen MR) is 153 cm³/mol. The third-order valence-electron chi connectivity index (χ3n) is 6.33. The highest BCUT2D eigenvalue weighted by Gasteiger charge is 2.14. The van der Waals surface area contributed by atoms with Crippen LogP contribution in [-0.2, 0) is 11.3 Å². The standard InChI is InChI=1S/C31H41FN2O3S.BrH/c1-3-4-5-6-7-8-9-10-11-12-19-36-31-28(32)17-14-18-29(31)37-23-30(35)33-27-16-13-15-26(20-27)22-34-21-25(2)38-24-34;/h13-18,20-21,24H,3-12,19,22-23H2,1-2H3;1H. The summed E-state index contributed by atoms with van der Waals surface area (Å²) in [5.41, 5.74) is 3.85. The van der Waals surface area contributed by atoms with E-state index in [0.717, 1.165) is 24.9 Å². The molecule has 0 radical (unpaired) electrons. The van der Waals surface area contributed by atoms with Gasteiger partial charge in [0, 0.05) is 11.3 Å². The average Bonchev–Trinajstić information content (AvgIpc) is 3.31. The highest BCUT2D eigenvalue weighted by molar-refractivity contribution is 7.09. The Labute approximate surface area is 247 Å². The van der Waals surface area contributed by atoms with E-state index in [1.165, 1.54) is 62.3 Å². The molecule has 5 nitrogen and oxygen atoms in total. The number of halogens is 2. The molecule has 3 aromatic rings. The number of carbonyl (C=O) groups is 1. The number of carbonyl (C=O) groups excluding carboxylic acids is 1. The molecule has 39 heavy (non-hydrogen) atoms. The Morgan fingerprint density at radius 2 is 1.64 bits per heavy atom. The van der Waals surface area contributed by atoms with E-state index < -0.39 is 5.82 Å². The minimum Gasteiger partial charge on any atom is -1.00 e. The first-order chi connectivity index (χ1) is 18.5. The van der Waals surface area contributed by atoms with E-state index in [9.17, 15) is 9.18 Å². The molecule has 0 spiro atoms. The molecule has 0 saturated heterocycles. The molecule has 0 fully saturated rings. The van der Waals surface area contributed by atoms with E-state index >= 15 is 0 Å². The smallest absolute Gasteiger partial charge is 0.262 e. The van der Waals surface area contributed by atoms with Gasteiger partial charge in [0.05, 0.1) is 11.5 Å². The van der Waals surface area contributed by atoms with Crippen LogP contribution in [0.15, 0.2) is 54.2 Å². The van der Waals surface area contributed by atoms with Gasteiger partial charge in [-0.1, -0.05) is 94.2 Å². The zero-order valence-corrected chi connectivity index (χ0v) is 25.6. The van der Waals surface area contributed by atoms with Crippen molar-refractivity contribution in [2.75, 3.05) is 18.5 Å². The minimum atomic E-state index is -0.483. The lowest BCUT2D eigenvalue weighted by Gasteiger charge is -2.13. The first-order valence-corrected chi connectivity index (χ1v) is 14.8. The second-order valence-electron chi connectivity index (χ2n) is 9.77. The Bertz CT molecular complexity index is 1120. The van der Waals surface area contributed by atoms with Gasteiger partial charge in [-0.3, -0.25) is 4.79 Å². The maximum Gasteiger partial charge on any atom is 0.262 e. The fraction of sp³-hybridized carbons (Fsp3) is 0.484. The maximum absolute atomic E-state index is 14.4. The van der Waals surface area contributed by atoms with Crippen LogP contribution >= 0.6 is 11.3 Å². The molecule has 1 aromatic heterocycles. The van der Waals surface area contributed by atoms with Gasteiger partial charge in [-0.25, -0.2) is 4.39 Å². The van der Waals surface area contributed by atoms with Crippen LogP contribution in [0.2, 0.25) is 0 Å². The minimum absolute atomic E-state index is 0. The number of para-hydroxylation sites is 1. The Kier molecular flexibility index (Phi) is 15.8. The van der Waals surface area contributed by atoms with Crippen molar-refractivity contribution in [1.82, 2.24) is 0 Å². The van der Waals surface area contributed by atoms with Gasteiger partial charge in [0.1, 0.15) is 0 Å². The fourth-order valence-electron chi connectivity index (χ4n) is 4.33. The van der Waals surface area contributed by atoms with Crippen LogP contribution in [0.4, 0.5) is 10.1 Å². The first kappa shape index (κ1) is 32.8. The van der Waals surface area contributed by atoms with Crippen LogP contribution in [0, 0.1) is 12.7 Å². The molecule has 8 heteroatoms. The molecular formula is C31H42BrFN2O3S. The fourth-order valence-corrected chi connectivity index (χ4v) is 4.97. The summed E-state index contributed by atoms with van der Waals surface area (Å²) in [5.74, 6) is -0.485. The van der Waals surface area contributed by atoms with Crippen molar-refractivity contribution < 1.29 is 40.2 Å². The van der Waals surface area contributed by atoms with E-state index in [4.69, 9.17) is 9.47 Å². The van der Waals surface area contributed by atoms with Crippen molar-refractivity contribution >= 4 is 22.9 Å². The second-order valence-corrected chi connectivity index (χ2v) is 10.9. The average molecular weight is 622 g/mol. The second kappa shape index (κ2) is 18.8. The van der Waals surface area contributed by atoms with Gasteiger partial charge in [0.15, 0.2) is 36.7 Å². The lowest BCUT2D eigenvalue weighted by molar-refractivity contribution is -0.683. The number of thiazole rings is 1. The van der Waals surface area contributed by atoms with Crippen molar-refractivity contribution in [3.05, 3.63) is 70.4 Å². The van der Waals surface area contributed by atoms with E-state index in [1.807, 2.05) is 24.3 Å². The molecule has 0 aliphatic heterocycles. The van der Waals surface area contributed by atoms with Crippen molar-refractivity contribution in [1.29, 1.82) is 0 Å². The molecular weight excluding hydrogens is 579 g/mol. The number of amides is 1. The van der Waals surface area contributed by atoms with Crippen molar-refractivity contribution in [3.63, 3.8) is 0 Å². The van der Waals surface area contributed by atoms with Crippen LogP contribution in [0.3, 0.4) is 0 Å². The lowest BCUT2D eigenvalue weighted by atomic mass is 10.1. The highest BCUT2D eigenvalue weighted by atomic mass is 79.9. The van der Waals surface area contributed by atoms with E-state index in [2.05, 4.69) is 35.4 Å². The largest absolute Gasteiger partial charge is 1.00 e. The summed E-state index contributed by atoms with van der Waals surface area (Å²) in [5, 5.41) is 2.86. The summed E-state index contributed by atoms with van der Waals surface area (Å²) in [6, 6.07) is 12.3. The van der Waals surface area contributed by atoms with Crippen LogP contribution < -0.4 is 36.3 Å². The predicted octanol–water partition coefficient (Wildman–Crippen LogP) is 4.85. The molecule has 0 aliphatic rings. The molecule has 0 aliphatic carbocycles. The van der Waals surface area contributed by atoms with Crippen LogP contribution in [0.5, 0.6) is 11.5 Å². The number of anilines is 1. The van der Waals surface area contributed by atoms with Gasteiger partial charge < -0.3 is 31.8 Å². The third kappa shape index (κ3) is 12.5. The zero-order chi connectivity index (χ0) is 27.0. The zero-order valence-electron chi connectivity index (χ0n) is 23.2. The summed E-state index contributed by atoms with van der Waals surface area (Å²) in [7, 11) is 0. The summed E-state index contributed by atoms with van der Waals surface area (Å²) in [6.07, 6.45) is 14.4. The number of hydrogen-bond donors (Lipinski definition) is 1. The third-order valence-corrected chi connectivity index (χ3v) is 7.18. The van der Waals surface area contributed by atoms with Crippen molar-refractivity contribution in [2.24, 2.45) is 0 Å². The monoisotopic (exact) mass is 620 g/mol. The van der Waals surface area contributed by atoms with Gasteiger partial charge in [0.25, 0.3) is 5.91 Å². The Morgan fingerprint density at radius 1 is 0.949 bits per heavy atom. The summed E-state index contributed by atoms with van der Waals surface area (Å²) in [4.78, 5) is 13.8. The molecule has 0 unspecified atom stereocenters. The van der Waals surface area contributed by atoms with E-state index in [-0.39, 0.29) is 41.0 Å². The van der Waals surface area contributed by atoms with Crippen molar-refractivity contribution in [2.45, 2.75) is 84.6 Å². The topological polar surface area (TPSA) is 51.4 Å². The van der Waals surface area contributed by atoms with E-state index in [1.54, 1.807) is 23.5 Å². The van der Waals surface area contributed by atoms with Crippen LogP contribution in [-0.4, -0.2) is 19.1 Å². The maximum atomic E-state index is 14.4. The van der Waals surface area contributed by atoms with E-state index in [0.29, 0.717) is 12.3 Å². The number of rotatable bonds is 18. The van der Waals surface area contributed by atoms with Crippen LogP contribution in [0.25, 0.3) is 0 Å². The molecule has 0 saturated carbocycles. The molecule has 0 atom stereocenters. The number of unbranched alkanes of at least 4 members (excludes halogenated alkanes) is 9. The molecule has 0 bridgehead atoms. The molecule has 3 rings (SSSR count). The molecule has 1 amide bonds. The van der Waals surface area contributed by atoms with Crippen LogP contribution in [0.1, 0.15) is 81.6 Å². The van der Waals surface area contributed by atoms with Gasteiger partial charge >= 0.3 is 0 Å². The Hall–Kier alpha value is -2.45. The summed E-state index contributed by atoms with van der Waals surface area (Å²) in [6.45, 7) is 5.23. The molecule has 214 valence electrons. The number of hydrogen-bond acceptors (Lipinski definition) is 4. The molecule has 2 aromatic carbocycles. The summed E-state index contributed by atoms with van der Waals surface area (Å²) < 4.78 is 27.9. The number of nitrogens with zero attached hydrogens (tertiary/aromatic N) is 1. The first-order valence-electron chi connectivity index (χ1n) is 13.9. The van der Waals surface area contributed by atoms with Gasteiger partial charge in [0.2, 0.25) is 5.51 Å². The Morgan fingerprint density at radius 3 is 2.33 bits per heavy atom. The lowest BCUT2D eigenvalue weighted by Crippen LogP contribution is -3.00. The quantitative estimate of drug-likeness (QED) is 0.163. The number of aryl methyl sites for hydroxylation is 1. The van der Waals surface area contributed by atoms with Gasteiger partial charge in [-0.2, -0.15) is 4.57 Å². The van der Waals surface area contributed by atoms with Gasteiger partial charge in [-0.15, -0.1) is 0 Å². The van der Waals surface area contributed by atoms with Crippen molar-refractivity contribution in [3.8, 4) is 11.5 Å². The molecule has 1 N–H and O–H groups in total. The highest BCUT2D eigenvalue weighted by Crippen LogP contribution is 2.30. The normalized spacial score (nSPS) is 10.6. The number of ether oxygens (including phenoxy) is 2. The Balaban J connectivity index is 0.00000533. The number of nitrogens with one attached hydrogen (secondary N) is 1. The number of benzene rings is 2. The van der Waals surface area contributed by atoms with Gasteiger partial charge in [-0.05, 0) is 37.6 Å². The molecule has 1 heterocycles. The number of aromatic nitrogens is 1.